The molecule has 0 radical (unpaired) electrons. The Balaban J connectivity index is 0.0000106. The maximum atomic E-state index is 12.8. The molecule has 0 amide bonds. The van der Waals surface area contributed by atoms with Crippen molar-refractivity contribution in [3.63, 3.8) is 0 Å². The van der Waals surface area contributed by atoms with Crippen molar-refractivity contribution in [3.05, 3.63) is 34.5 Å². The summed E-state index contributed by atoms with van der Waals surface area (Å²) >= 11 is 1.66. The van der Waals surface area contributed by atoms with Gasteiger partial charge in [-0.3, -0.25) is 4.21 Å². The highest BCUT2D eigenvalue weighted by atomic mass is 35.5. The first-order valence-electron chi connectivity index (χ1n) is 17.7. The van der Waals surface area contributed by atoms with Crippen LogP contribution in [-0.4, -0.2) is 69.9 Å². The third-order valence-corrected chi connectivity index (χ3v) is 10.6. The molecule has 0 saturated heterocycles. The van der Waals surface area contributed by atoms with Crippen molar-refractivity contribution in [3.8, 4) is 6.01 Å². The van der Waals surface area contributed by atoms with Crippen molar-refractivity contribution in [1.82, 2.24) is 9.97 Å². The third-order valence-electron chi connectivity index (χ3n) is 8.06. The first-order chi connectivity index (χ1) is 22.1. The summed E-state index contributed by atoms with van der Waals surface area (Å²) in [6, 6.07) is 2.03. The van der Waals surface area contributed by atoms with Crippen LogP contribution in [0.2, 0.25) is 0 Å². The van der Waals surface area contributed by atoms with E-state index in [-0.39, 0.29) is 31.1 Å². The Morgan fingerprint density at radius 1 is 0.848 bits per heavy atom. The van der Waals surface area contributed by atoms with E-state index in [9.17, 15) is 9.32 Å². The van der Waals surface area contributed by atoms with Gasteiger partial charge in [0, 0.05) is 55.5 Å². The minimum atomic E-state index is -1.11. The molecule has 0 bridgehead atoms. The predicted molar refractivity (Wildman–Crippen MR) is 186 cm³/mol. The molecule has 11 heteroatoms. The SMILES string of the molecule is CCCCCCCCCCCCCCCCCCOCC(CS(=O)CCOCC[n+]1csc(CCO)c1C)Oc1ncccn1.[Cl-]. The van der Waals surface area contributed by atoms with E-state index in [1.807, 2.05) is 0 Å². The Morgan fingerprint density at radius 3 is 2.02 bits per heavy atom. The lowest BCUT2D eigenvalue weighted by Gasteiger charge is -2.17. The fourth-order valence-corrected chi connectivity index (χ4v) is 7.36. The summed E-state index contributed by atoms with van der Waals surface area (Å²) in [5.74, 6) is 0.793. The molecule has 0 fully saturated rings. The Bertz CT molecular complexity index is 986. The maximum absolute atomic E-state index is 12.8. The molecular formula is C35H62ClN3O5S2. The summed E-state index contributed by atoms with van der Waals surface area (Å²) in [7, 11) is -1.11. The summed E-state index contributed by atoms with van der Waals surface area (Å²) in [5, 5.41) is 9.18. The molecule has 0 aliphatic carbocycles. The number of aliphatic hydroxyl groups excluding tert-OH is 1. The van der Waals surface area contributed by atoms with Crippen molar-refractivity contribution >= 4 is 22.1 Å². The van der Waals surface area contributed by atoms with Crippen LogP contribution in [0.1, 0.15) is 120 Å². The van der Waals surface area contributed by atoms with E-state index in [2.05, 4.69) is 33.9 Å². The highest BCUT2D eigenvalue weighted by Gasteiger charge is 2.18. The minimum absolute atomic E-state index is 0. The monoisotopic (exact) mass is 703 g/mol. The van der Waals surface area contributed by atoms with E-state index in [1.54, 1.807) is 29.8 Å². The lowest BCUT2D eigenvalue weighted by molar-refractivity contribution is -0.699. The molecule has 0 aromatic carbocycles. The van der Waals surface area contributed by atoms with Crippen LogP contribution < -0.4 is 21.7 Å². The van der Waals surface area contributed by atoms with Crippen LogP contribution in [0.25, 0.3) is 0 Å². The molecular weight excluding hydrogens is 642 g/mol. The molecule has 2 aromatic heterocycles. The quantitative estimate of drug-likeness (QED) is 0.0932. The number of ether oxygens (including phenoxy) is 3. The van der Waals surface area contributed by atoms with Crippen LogP contribution in [0.3, 0.4) is 0 Å². The zero-order valence-electron chi connectivity index (χ0n) is 28.7. The number of aromatic nitrogens is 3. The molecule has 0 saturated carbocycles. The average molecular weight is 704 g/mol. The number of rotatable bonds is 31. The number of hydrogen-bond acceptors (Lipinski definition) is 8. The van der Waals surface area contributed by atoms with E-state index in [4.69, 9.17) is 14.2 Å². The molecule has 0 spiro atoms. The van der Waals surface area contributed by atoms with Gasteiger partial charge in [0.2, 0.25) is 5.51 Å². The third kappa shape index (κ3) is 21.7. The summed E-state index contributed by atoms with van der Waals surface area (Å²) in [5.41, 5.74) is 3.24. The first kappa shape index (κ1) is 42.9. The van der Waals surface area contributed by atoms with Crippen molar-refractivity contribution in [2.45, 2.75) is 136 Å². The lowest BCUT2D eigenvalue weighted by atomic mass is 10.0. The number of hydrogen-bond donors (Lipinski definition) is 1. The maximum Gasteiger partial charge on any atom is 0.316 e. The predicted octanol–water partition coefficient (Wildman–Crippen LogP) is 4.16. The topological polar surface area (TPSA) is 94.7 Å². The van der Waals surface area contributed by atoms with Crippen LogP contribution in [0.5, 0.6) is 6.01 Å². The van der Waals surface area contributed by atoms with Crippen molar-refractivity contribution in [2.75, 3.05) is 44.5 Å². The van der Waals surface area contributed by atoms with Gasteiger partial charge in [0.05, 0.1) is 23.8 Å². The van der Waals surface area contributed by atoms with Crippen LogP contribution in [0.4, 0.5) is 0 Å². The van der Waals surface area contributed by atoms with Gasteiger partial charge in [0.1, 0.15) is 12.7 Å². The van der Waals surface area contributed by atoms with Gasteiger partial charge >= 0.3 is 6.01 Å². The normalized spacial score (nSPS) is 12.6. The molecule has 266 valence electrons. The van der Waals surface area contributed by atoms with E-state index < -0.39 is 10.8 Å². The zero-order valence-corrected chi connectivity index (χ0v) is 31.1. The number of nitrogens with zero attached hydrogens (tertiary/aromatic N) is 3. The molecule has 2 heterocycles. The molecule has 46 heavy (non-hydrogen) atoms. The molecule has 1 N–H and O–H groups in total. The number of aliphatic hydroxyl groups is 1. The molecule has 0 aliphatic heterocycles. The molecule has 8 nitrogen and oxygen atoms in total. The second kappa shape index (κ2) is 29.9. The molecule has 2 unspecified atom stereocenters. The van der Waals surface area contributed by atoms with E-state index in [0.717, 1.165) is 13.0 Å². The molecule has 2 rings (SSSR count). The largest absolute Gasteiger partial charge is 1.00 e. The second-order valence-corrected chi connectivity index (χ2v) is 14.5. The fraction of sp³-hybridized carbons (Fsp3) is 0.800. The summed E-state index contributed by atoms with van der Waals surface area (Å²) in [6.07, 6.45) is 25.2. The van der Waals surface area contributed by atoms with Gasteiger partial charge in [-0.05, 0) is 12.5 Å². The number of thiazole rings is 1. The summed E-state index contributed by atoms with van der Waals surface area (Å²) in [4.78, 5) is 9.53. The van der Waals surface area contributed by atoms with E-state index >= 15 is 0 Å². The second-order valence-electron chi connectivity index (χ2n) is 12.0. The highest BCUT2D eigenvalue weighted by Crippen LogP contribution is 2.14. The lowest BCUT2D eigenvalue weighted by Crippen LogP contribution is -3.00. The van der Waals surface area contributed by atoms with Gasteiger partial charge in [0.15, 0.2) is 12.2 Å². The standard InChI is InChI=1S/C35H62N3O5S2.ClH/c1-3-4-5-6-7-8-9-10-11-12-13-14-15-16-17-18-25-42-29-33(43-35-36-21-19-22-37-35)30-45(40)28-27-41-26-23-38-31-44-34(20-24-39)32(38)2;/h19,21-22,31,33,39H,3-18,20,23-30H2,1-2H3;1H/q+1;/p-1. The van der Waals surface area contributed by atoms with E-state index in [0.29, 0.717) is 44.4 Å². The van der Waals surface area contributed by atoms with E-state index in [1.165, 1.54) is 107 Å². The van der Waals surface area contributed by atoms with Crippen molar-refractivity contribution in [2.24, 2.45) is 0 Å². The zero-order chi connectivity index (χ0) is 32.2. The average Bonchev–Trinajstić information content (AvgIpc) is 3.39. The Labute approximate surface area is 292 Å². The Morgan fingerprint density at radius 2 is 1.43 bits per heavy atom. The van der Waals surface area contributed by atoms with Crippen LogP contribution in [-0.2, 0) is 33.2 Å². The van der Waals surface area contributed by atoms with Crippen molar-refractivity contribution < 1.29 is 40.5 Å². The number of halogens is 1. The minimum Gasteiger partial charge on any atom is -1.00 e. The fourth-order valence-electron chi connectivity index (χ4n) is 5.30. The van der Waals surface area contributed by atoms with Gasteiger partial charge in [-0.1, -0.05) is 115 Å². The van der Waals surface area contributed by atoms with Gasteiger partial charge in [-0.15, -0.1) is 0 Å². The van der Waals surface area contributed by atoms with Gasteiger partial charge < -0.3 is 31.7 Å². The molecule has 2 aromatic rings. The van der Waals surface area contributed by atoms with Crippen LogP contribution >= 0.6 is 11.3 Å². The van der Waals surface area contributed by atoms with Gasteiger partial charge in [-0.25, -0.2) is 9.97 Å². The molecule has 2 atom stereocenters. The van der Waals surface area contributed by atoms with Crippen molar-refractivity contribution in [1.29, 1.82) is 0 Å². The molecule has 0 aliphatic rings. The Hall–Kier alpha value is -1.17. The smallest absolute Gasteiger partial charge is 0.316 e. The van der Waals surface area contributed by atoms with Crippen LogP contribution in [0.15, 0.2) is 24.0 Å². The number of unbranched alkanes of at least 4 members (excludes halogenated alkanes) is 15. The Kier molecular flexibility index (Phi) is 27.9. The summed E-state index contributed by atoms with van der Waals surface area (Å²) < 4.78 is 32.6. The van der Waals surface area contributed by atoms with Gasteiger partial charge in [0.25, 0.3) is 0 Å². The van der Waals surface area contributed by atoms with Gasteiger partial charge in [-0.2, -0.15) is 4.57 Å². The van der Waals surface area contributed by atoms with Crippen LogP contribution in [0, 0.1) is 6.92 Å². The first-order valence-corrected chi connectivity index (χ1v) is 20.0. The summed E-state index contributed by atoms with van der Waals surface area (Å²) in [6.45, 7) is 7.28. The highest BCUT2D eigenvalue weighted by molar-refractivity contribution is 7.85.